The number of benzene rings is 2. The second kappa shape index (κ2) is 7.59. The summed E-state index contributed by atoms with van der Waals surface area (Å²) in [5, 5.41) is 20.9. The van der Waals surface area contributed by atoms with E-state index in [1.54, 1.807) is 17.2 Å². The van der Waals surface area contributed by atoms with Crippen molar-refractivity contribution >= 4 is 22.4 Å². The number of carbonyl (C=O) groups excluding carboxylic acids is 1. The Morgan fingerprint density at radius 3 is 2.71 bits per heavy atom. The first-order valence-corrected chi connectivity index (χ1v) is 9.02. The van der Waals surface area contributed by atoms with Crippen LogP contribution in [0.5, 0.6) is 5.88 Å². The third kappa shape index (κ3) is 3.62. The molecule has 2 aromatic carbocycles. The van der Waals surface area contributed by atoms with Gasteiger partial charge in [-0.2, -0.15) is 5.10 Å². The molecule has 1 amide bonds. The van der Waals surface area contributed by atoms with Crippen molar-refractivity contribution in [1.82, 2.24) is 15.1 Å². The molecule has 0 radical (unpaired) electrons. The Kier molecular flexibility index (Phi) is 4.84. The van der Waals surface area contributed by atoms with Crippen LogP contribution in [0.3, 0.4) is 0 Å². The van der Waals surface area contributed by atoms with Crippen LogP contribution in [-0.2, 0) is 0 Å². The molecule has 142 valence electrons. The van der Waals surface area contributed by atoms with Crippen LogP contribution in [-0.4, -0.2) is 45.1 Å². The number of carbonyl (C=O) groups is 1. The highest BCUT2D eigenvalue weighted by molar-refractivity contribution is 5.95. The monoisotopic (exact) mass is 378 g/mol. The average molecular weight is 378 g/mol. The van der Waals surface area contributed by atoms with Gasteiger partial charge >= 0.3 is 0 Å². The number of rotatable bonds is 4. The Balaban J connectivity index is 1.41. The number of nitro groups is 1. The van der Waals surface area contributed by atoms with Crippen molar-refractivity contribution in [2.75, 3.05) is 13.1 Å². The summed E-state index contributed by atoms with van der Waals surface area (Å²) in [4.78, 5) is 24.8. The topological polar surface area (TPSA) is 98.5 Å². The largest absolute Gasteiger partial charge is 0.473 e. The number of non-ortho nitro benzene ring substituents is 1. The van der Waals surface area contributed by atoms with E-state index in [-0.39, 0.29) is 17.7 Å². The smallest absolute Gasteiger partial charge is 0.270 e. The average Bonchev–Trinajstić information content (AvgIpc) is 2.74. The van der Waals surface area contributed by atoms with Crippen molar-refractivity contribution in [3.8, 4) is 5.88 Å². The zero-order valence-corrected chi connectivity index (χ0v) is 15.0. The molecule has 1 fully saturated rings. The predicted octanol–water partition coefficient (Wildman–Crippen LogP) is 3.22. The first-order valence-electron chi connectivity index (χ1n) is 9.02. The first-order chi connectivity index (χ1) is 13.6. The van der Waals surface area contributed by atoms with Crippen LogP contribution in [0.25, 0.3) is 10.8 Å². The van der Waals surface area contributed by atoms with E-state index in [2.05, 4.69) is 10.2 Å². The van der Waals surface area contributed by atoms with Crippen LogP contribution in [0.2, 0.25) is 0 Å². The lowest BCUT2D eigenvalue weighted by atomic mass is 10.1. The maximum atomic E-state index is 12.7. The number of nitro benzene ring substituents is 1. The summed E-state index contributed by atoms with van der Waals surface area (Å²) < 4.78 is 6.05. The van der Waals surface area contributed by atoms with E-state index in [1.807, 2.05) is 24.3 Å². The molecule has 1 aliphatic heterocycles. The van der Waals surface area contributed by atoms with Gasteiger partial charge in [0.05, 0.1) is 11.1 Å². The lowest BCUT2D eigenvalue weighted by Gasteiger charge is -2.32. The molecule has 1 saturated heterocycles. The SMILES string of the molecule is O=C(c1cccc([N+](=O)[O-])c1)N1CCC(Oc2nncc3ccccc23)CC1. The molecule has 4 rings (SSSR count). The highest BCUT2D eigenvalue weighted by Crippen LogP contribution is 2.25. The Hall–Kier alpha value is -3.55. The van der Waals surface area contributed by atoms with Crippen molar-refractivity contribution in [3.05, 3.63) is 70.4 Å². The van der Waals surface area contributed by atoms with Gasteiger partial charge in [-0.15, -0.1) is 5.10 Å². The van der Waals surface area contributed by atoms with Crippen LogP contribution in [0.15, 0.2) is 54.7 Å². The molecule has 0 N–H and O–H groups in total. The standard InChI is InChI=1S/C20H18N4O4/c25-20(14-5-3-6-16(12-14)24(26)27)23-10-8-17(9-11-23)28-19-18-7-2-1-4-15(18)13-21-22-19/h1-7,12-13,17H,8-11H2. The molecule has 0 atom stereocenters. The van der Waals surface area contributed by atoms with Gasteiger partial charge in [0.2, 0.25) is 5.88 Å². The Morgan fingerprint density at radius 1 is 1.14 bits per heavy atom. The summed E-state index contributed by atoms with van der Waals surface area (Å²) >= 11 is 0. The molecule has 1 aliphatic rings. The van der Waals surface area contributed by atoms with Gasteiger partial charge in [-0.1, -0.05) is 24.3 Å². The number of ether oxygens (including phenoxy) is 1. The molecule has 3 aromatic rings. The molecule has 0 saturated carbocycles. The van der Waals surface area contributed by atoms with E-state index in [0.717, 1.165) is 10.8 Å². The van der Waals surface area contributed by atoms with Crippen LogP contribution in [0.1, 0.15) is 23.2 Å². The Labute approximate surface area is 160 Å². The van der Waals surface area contributed by atoms with E-state index in [1.165, 1.54) is 18.2 Å². The molecule has 8 heteroatoms. The maximum absolute atomic E-state index is 12.7. The van der Waals surface area contributed by atoms with Gasteiger partial charge in [0, 0.05) is 54.4 Å². The summed E-state index contributed by atoms with van der Waals surface area (Å²) in [5.41, 5.74) is 0.243. The summed E-state index contributed by atoms with van der Waals surface area (Å²) in [6, 6.07) is 13.6. The van der Waals surface area contributed by atoms with Crippen molar-refractivity contribution < 1.29 is 14.5 Å². The molecule has 1 aromatic heterocycles. The molecule has 2 heterocycles. The van der Waals surface area contributed by atoms with Crippen LogP contribution in [0, 0.1) is 10.1 Å². The molecule has 0 bridgehead atoms. The molecular formula is C20H18N4O4. The predicted molar refractivity (Wildman–Crippen MR) is 102 cm³/mol. The minimum atomic E-state index is -0.498. The van der Waals surface area contributed by atoms with Crippen molar-refractivity contribution in [3.63, 3.8) is 0 Å². The number of piperidine rings is 1. The van der Waals surface area contributed by atoms with Gasteiger partial charge in [0.15, 0.2) is 0 Å². The zero-order valence-electron chi connectivity index (χ0n) is 15.0. The van der Waals surface area contributed by atoms with Crippen molar-refractivity contribution in [1.29, 1.82) is 0 Å². The Morgan fingerprint density at radius 2 is 1.93 bits per heavy atom. The van der Waals surface area contributed by atoms with Gasteiger partial charge < -0.3 is 9.64 Å². The second-order valence-electron chi connectivity index (χ2n) is 6.65. The van der Waals surface area contributed by atoms with Crippen LogP contribution >= 0.6 is 0 Å². The lowest BCUT2D eigenvalue weighted by Crippen LogP contribution is -2.41. The fourth-order valence-corrected chi connectivity index (χ4v) is 3.36. The maximum Gasteiger partial charge on any atom is 0.270 e. The summed E-state index contributed by atoms with van der Waals surface area (Å²) in [5.74, 6) is 0.300. The normalized spacial score (nSPS) is 14.8. The number of hydrogen-bond acceptors (Lipinski definition) is 6. The highest BCUT2D eigenvalue weighted by Gasteiger charge is 2.26. The van der Waals surface area contributed by atoms with Gasteiger partial charge in [0.1, 0.15) is 6.10 Å². The third-order valence-electron chi connectivity index (χ3n) is 4.85. The number of nitrogens with zero attached hydrogens (tertiary/aromatic N) is 4. The summed E-state index contributed by atoms with van der Waals surface area (Å²) in [6.07, 6.45) is 2.95. The lowest BCUT2D eigenvalue weighted by molar-refractivity contribution is -0.384. The third-order valence-corrected chi connectivity index (χ3v) is 4.85. The van der Waals surface area contributed by atoms with E-state index in [9.17, 15) is 14.9 Å². The molecule has 0 spiro atoms. The van der Waals surface area contributed by atoms with Crippen LogP contribution < -0.4 is 4.74 Å². The minimum absolute atomic E-state index is 0.0609. The van der Waals surface area contributed by atoms with E-state index in [0.29, 0.717) is 37.4 Å². The number of fused-ring (bicyclic) bond motifs is 1. The van der Waals surface area contributed by atoms with Gasteiger partial charge in [-0.05, 0) is 12.1 Å². The molecule has 0 unspecified atom stereocenters. The summed E-state index contributed by atoms with van der Waals surface area (Å²) in [7, 11) is 0. The van der Waals surface area contributed by atoms with Crippen molar-refractivity contribution in [2.24, 2.45) is 0 Å². The number of aromatic nitrogens is 2. The number of amides is 1. The molecular weight excluding hydrogens is 360 g/mol. The van der Waals surface area contributed by atoms with Crippen molar-refractivity contribution in [2.45, 2.75) is 18.9 Å². The van der Waals surface area contributed by atoms with Gasteiger partial charge in [0.25, 0.3) is 11.6 Å². The Bertz CT molecular complexity index is 1030. The van der Waals surface area contributed by atoms with Gasteiger partial charge in [-0.25, -0.2) is 0 Å². The minimum Gasteiger partial charge on any atom is -0.473 e. The summed E-state index contributed by atoms with van der Waals surface area (Å²) in [6.45, 7) is 1.04. The van der Waals surface area contributed by atoms with E-state index >= 15 is 0 Å². The molecule has 0 aliphatic carbocycles. The zero-order chi connectivity index (χ0) is 19.5. The fraction of sp³-hybridized carbons (Fsp3) is 0.250. The number of hydrogen-bond donors (Lipinski definition) is 0. The van der Waals surface area contributed by atoms with E-state index in [4.69, 9.17) is 4.74 Å². The number of likely N-dealkylation sites (tertiary alicyclic amines) is 1. The van der Waals surface area contributed by atoms with E-state index < -0.39 is 4.92 Å². The molecule has 28 heavy (non-hydrogen) atoms. The molecule has 8 nitrogen and oxygen atoms in total. The quantitative estimate of drug-likeness (QED) is 0.511. The van der Waals surface area contributed by atoms with Crippen LogP contribution in [0.4, 0.5) is 5.69 Å². The fourth-order valence-electron chi connectivity index (χ4n) is 3.36. The first kappa shape index (κ1) is 17.8. The van der Waals surface area contributed by atoms with Gasteiger partial charge in [-0.3, -0.25) is 14.9 Å². The highest BCUT2D eigenvalue weighted by atomic mass is 16.6. The second-order valence-corrected chi connectivity index (χ2v) is 6.65.